The van der Waals surface area contributed by atoms with Crippen LogP contribution in [0.25, 0.3) is 10.9 Å². The molecule has 31 heavy (non-hydrogen) atoms. The number of azo groups is 1. The van der Waals surface area contributed by atoms with Gasteiger partial charge in [-0.1, -0.05) is 6.92 Å². The van der Waals surface area contributed by atoms with Crippen LogP contribution in [0, 0.1) is 0 Å². The fourth-order valence-electron chi connectivity index (χ4n) is 4.22. The molecular formula is C21H22N4O5S. The van der Waals surface area contributed by atoms with Crippen molar-refractivity contribution in [3.8, 4) is 11.6 Å². The first-order valence-electron chi connectivity index (χ1n) is 9.64. The lowest BCUT2D eigenvalue weighted by atomic mass is 9.82. The molecule has 1 unspecified atom stereocenters. The van der Waals surface area contributed by atoms with E-state index >= 15 is 0 Å². The van der Waals surface area contributed by atoms with Gasteiger partial charge in [0.05, 0.1) is 24.6 Å². The van der Waals surface area contributed by atoms with Gasteiger partial charge in [-0.05, 0) is 55.6 Å². The Balaban J connectivity index is 1.81. The van der Waals surface area contributed by atoms with Gasteiger partial charge in [-0.2, -0.15) is 4.99 Å². The van der Waals surface area contributed by atoms with E-state index in [9.17, 15) is 14.7 Å². The largest absolute Gasteiger partial charge is 0.497 e. The zero-order valence-corrected chi connectivity index (χ0v) is 18.6. The van der Waals surface area contributed by atoms with Crippen LogP contribution in [-0.4, -0.2) is 40.9 Å². The molecule has 1 atom stereocenters. The topological polar surface area (TPSA) is 115 Å². The maximum absolute atomic E-state index is 12.0. The van der Waals surface area contributed by atoms with Gasteiger partial charge in [0.15, 0.2) is 5.69 Å². The Labute approximate surface area is 182 Å². The summed E-state index contributed by atoms with van der Waals surface area (Å²) in [6.07, 6.45) is 1.89. The summed E-state index contributed by atoms with van der Waals surface area (Å²) in [4.78, 5) is 27.3. The molecule has 1 N–H and O–H groups in total. The van der Waals surface area contributed by atoms with Crippen molar-refractivity contribution in [2.24, 2.45) is 15.2 Å². The molecule has 1 aromatic carbocycles. The number of hydrogen-bond donors (Lipinski definition) is 1. The number of amides is 1. The molecule has 10 heteroatoms. The van der Waals surface area contributed by atoms with E-state index in [1.54, 1.807) is 7.11 Å². The van der Waals surface area contributed by atoms with E-state index in [1.165, 1.54) is 7.11 Å². The number of methoxy groups -OCH3 is 2. The fraction of sp³-hybridized carbons (Fsp3) is 0.381. The molecular weight excluding hydrogens is 420 g/mol. The van der Waals surface area contributed by atoms with Crippen molar-refractivity contribution < 1.29 is 24.2 Å². The van der Waals surface area contributed by atoms with Crippen LogP contribution >= 0.6 is 11.8 Å². The van der Waals surface area contributed by atoms with Crippen molar-refractivity contribution >= 4 is 45.4 Å². The number of benzene rings is 1. The molecule has 0 saturated heterocycles. The van der Waals surface area contributed by atoms with Crippen molar-refractivity contribution in [2.75, 3.05) is 14.2 Å². The van der Waals surface area contributed by atoms with Gasteiger partial charge < -0.3 is 19.1 Å². The number of hydrogen-bond acceptors (Lipinski definition) is 8. The first kappa shape index (κ1) is 21.1. The summed E-state index contributed by atoms with van der Waals surface area (Å²) >= 11 is 0.916. The molecule has 0 spiro atoms. The van der Waals surface area contributed by atoms with Crippen LogP contribution in [0.2, 0.25) is 0 Å². The fourth-order valence-corrected chi connectivity index (χ4v) is 4.92. The summed E-state index contributed by atoms with van der Waals surface area (Å²) in [6.45, 7) is 6.28. The molecule has 3 heterocycles. The van der Waals surface area contributed by atoms with Crippen molar-refractivity contribution in [1.82, 2.24) is 4.57 Å². The Hall–Kier alpha value is -3.14. The number of aromatic hydroxyl groups is 1. The van der Waals surface area contributed by atoms with Crippen LogP contribution < -0.4 is 4.74 Å². The highest BCUT2D eigenvalue weighted by Crippen LogP contribution is 2.51. The Morgan fingerprint density at radius 3 is 2.77 bits per heavy atom. The zero-order valence-electron chi connectivity index (χ0n) is 17.8. The molecule has 2 aromatic rings. The number of aliphatic imine (C=N–C) groups is 1. The van der Waals surface area contributed by atoms with Gasteiger partial charge in [0, 0.05) is 17.0 Å². The predicted molar refractivity (Wildman–Crippen MR) is 117 cm³/mol. The number of nitrogens with zero attached hydrogens (tertiary/aromatic N) is 4. The normalized spacial score (nSPS) is 21.2. The van der Waals surface area contributed by atoms with Gasteiger partial charge in [-0.3, -0.25) is 4.79 Å². The summed E-state index contributed by atoms with van der Waals surface area (Å²) in [5.41, 5.74) is 1.90. The minimum Gasteiger partial charge on any atom is -0.497 e. The molecule has 0 fully saturated rings. The molecule has 1 aromatic heterocycles. The second-order valence-electron chi connectivity index (χ2n) is 8.07. The lowest BCUT2D eigenvalue weighted by molar-refractivity contribution is -0.135. The summed E-state index contributed by atoms with van der Waals surface area (Å²) < 4.78 is 11.9. The lowest BCUT2D eigenvalue weighted by Crippen LogP contribution is -2.31. The van der Waals surface area contributed by atoms with Crippen LogP contribution in [0.5, 0.6) is 11.6 Å². The SMILES string of the molecule is COC(=O)/C=C1\SC(N=Nc2c(O)n3c4c(cc(OC)cc24)C(C)CC3(C)C)=NC1=O. The number of ether oxygens (including phenoxy) is 2. The zero-order chi connectivity index (χ0) is 22.5. The van der Waals surface area contributed by atoms with Gasteiger partial charge >= 0.3 is 5.97 Å². The number of carbonyl (C=O) groups is 2. The Bertz CT molecular complexity index is 1210. The molecule has 9 nitrogen and oxygen atoms in total. The van der Waals surface area contributed by atoms with E-state index in [-0.39, 0.29) is 33.1 Å². The van der Waals surface area contributed by atoms with Crippen LogP contribution in [0.3, 0.4) is 0 Å². The maximum Gasteiger partial charge on any atom is 0.331 e. The minimum atomic E-state index is -0.653. The third-order valence-corrected chi connectivity index (χ3v) is 6.36. The number of aromatic nitrogens is 1. The predicted octanol–water partition coefficient (Wildman–Crippen LogP) is 4.37. The highest BCUT2D eigenvalue weighted by molar-refractivity contribution is 8.18. The average molecular weight is 442 g/mol. The van der Waals surface area contributed by atoms with Crippen LogP contribution in [0.15, 0.2) is 38.3 Å². The van der Waals surface area contributed by atoms with Gasteiger partial charge in [0.1, 0.15) is 5.75 Å². The summed E-state index contributed by atoms with van der Waals surface area (Å²) in [5.74, 6) is -0.330. The minimum absolute atomic E-state index is 0.00889. The van der Waals surface area contributed by atoms with Crippen molar-refractivity contribution in [1.29, 1.82) is 0 Å². The van der Waals surface area contributed by atoms with Gasteiger partial charge in [0.2, 0.25) is 11.0 Å². The summed E-state index contributed by atoms with van der Waals surface area (Å²) in [7, 11) is 2.81. The van der Waals surface area contributed by atoms with Crippen molar-refractivity contribution in [2.45, 2.75) is 38.6 Å². The van der Waals surface area contributed by atoms with Gasteiger partial charge in [0.25, 0.3) is 5.91 Å². The first-order chi connectivity index (χ1) is 14.7. The smallest absolute Gasteiger partial charge is 0.331 e. The van der Waals surface area contributed by atoms with Gasteiger partial charge in [-0.25, -0.2) is 4.79 Å². The van der Waals surface area contributed by atoms with Crippen molar-refractivity contribution in [3.63, 3.8) is 0 Å². The van der Waals surface area contributed by atoms with E-state index < -0.39 is 11.9 Å². The average Bonchev–Trinajstić information content (AvgIpc) is 3.20. The number of carbonyl (C=O) groups excluding carboxylic acids is 2. The molecule has 0 bridgehead atoms. The third-order valence-electron chi connectivity index (χ3n) is 5.49. The molecule has 2 aliphatic heterocycles. The lowest BCUT2D eigenvalue weighted by Gasteiger charge is -2.36. The molecule has 0 saturated carbocycles. The Kier molecular flexibility index (Phi) is 5.12. The van der Waals surface area contributed by atoms with Crippen molar-refractivity contribution in [3.05, 3.63) is 28.7 Å². The number of esters is 1. The first-order valence-corrected chi connectivity index (χ1v) is 10.5. The molecule has 1 amide bonds. The summed E-state index contributed by atoms with van der Waals surface area (Å²) in [6, 6.07) is 3.80. The van der Waals surface area contributed by atoms with Gasteiger partial charge in [-0.15, -0.1) is 10.2 Å². The number of amidine groups is 1. The molecule has 0 radical (unpaired) electrons. The number of thioether (sulfide) groups is 1. The monoisotopic (exact) mass is 442 g/mol. The maximum atomic E-state index is 12.0. The number of rotatable bonds is 3. The van der Waals surface area contributed by atoms with E-state index in [0.29, 0.717) is 11.1 Å². The van der Waals surface area contributed by atoms with Crippen LogP contribution in [0.4, 0.5) is 5.69 Å². The second-order valence-corrected chi connectivity index (χ2v) is 9.08. The highest BCUT2D eigenvalue weighted by Gasteiger charge is 2.37. The third kappa shape index (κ3) is 3.50. The molecule has 0 aliphatic carbocycles. The van der Waals surface area contributed by atoms with Crippen LogP contribution in [0.1, 0.15) is 38.7 Å². The van der Waals surface area contributed by atoms with Crippen LogP contribution in [-0.2, 0) is 19.9 Å². The van der Waals surface area contributed by atoms with E-state index in [1.807, 2.05) is 16.7 Å². The molecule has 162 valence electrons. The molecule has 4 rings (SSSR count). The standard InChI is InChI=1S/C21H22N4O5S/c1-10-9-21(2,3)25-17-12(10)6-11(29-4)7-13(17)16(19(25)28)23-24-20-22-18(27)14(31-20)8-15(26)30-5/h6-8,10,28H,9H2,1-5H3/b14-8-,24-23?. The molecule has 2 aliphatic rings. The Morgan fingerprint density at radius 1 is 1.35 bits per heavy atom. The van der Waals surface area contributed by atoms with E-state index in [2.05, 4.69) is 40.7 Å². The van der Waals surface area contributed by atoms with E-state index in [4.69, 9.17) is 4.74 Å². The summed E-state index contributed by atoms with van der Waals surface area (Å²) in [5, 5.41) is 20.2. The second kappa shape index (κ2) is 7.52. The van der Waals surface area contributed by atoms with E-state index in [0.717, 1.165) is 35.3 Å². The Morgan fingerprint density at radius 2 is 2.10 bits per heavy atom. The highest BCUT2D eigenvalue weighted by atomic mass is 32.2. The quantitative estimate of drug-likeness (QED) is 0.429.